The van der Waals surface area contributed by atoms with Gasteiger partial charge in [-0.25, -0.2) is 8.78 Å². The first-order valence-electron chi connectivity index (χ1n) is 4.40. The number of carbonyl (C=O) groups is 1. The van der Waals surface area contributed by atoms with Gasteiger partial charge >= 0.3 is 0 Å². The van der Waals surface area contributed by atoms with Crippen molar-refractivity contribution in [3.8, 4) is 0 Å². The maximum Gasteiger partial charge on any atom is 0.170 e. The molecule has 1 aromatic heterocycles. The predicted octanol–water partition coefficient (Wildman–Crippen LogP) is 3.69. The Hall–Kier alpha value is -1.29. The molecule has 78 valence electrons. The molecule has 0 N–H and O–H groups in total. The summed E-state index contributed by atoms with van der Waals surface area (Å²) in [6, 6.07) is 2.17. The van der Waals surface area contributed by atoms with Crippen molar-refractivity contribution in [3.63, 3.8) is 0 Å². The van der Waals surface area contributed by atoms with Gasteiger partial charge in [-0.15, -0.1) is 11.3 Å². The molecule has 0 fully saturated rings. The van der Waals surface area contributed by atoms with E-state index in [1.54, 1.807) is 6.92 Å². The minimum absolute atomic E-state index is 0.160. The molecule has 0 amide bonds. The van der Waals surface area contributed by atoms with Crippen molar-refractivity contribution >= 4 is 27.2 Å². The van der Waals surface area contributed by atoms with Gasteiger partial charge in [-0.3, -0.25) is 4.79 Å². The zero-order valence-corrected chi connectivity index (χ0v) is 9.04. The van der Waals surface area contributed by atoms with Gasteiger partial charge in [0.25, 0.3) is 0 Å². The SMILES string of the molecule is CC(=O)c1sc2c(F)ccc(F)c2c1C. The summed E-state index contributed by atoms with van der Waals surface area (Å²) in [5, 5.41) is 0.227. The minimum Gasteiger partial charge on any atom is -0.294 e. The second kappa shape index (κ2) is 3.38. The molecular formula is C11H8F2OS. The fraction of sp³-hybridized carbons (Fsp3) is 0.182. The topological polar surface area (TPSA) is 17.1 Å². The highest BCUT2D eigenvalue weighted by Crippen LogP contribution is 2.34. The van der Waals surface area contributed by atoms with E-state index in [4.69, 9.17) is 0 Å². The summed E-state index contributed by atoms with van der Waals surface area (Å²) in [5.74, 6) is -1.12. The van der Waals surface area contributed by atoms with Gasteiger partial charge in [0.1, 0.15) is 11.6 Å². The Morgan fingerprint density at radius 1 is 1.27 bits per heavy atom. The van der Waals surface area contributed by atoms with Crippen LogP contribution in [0.15, 0.2) is 12.1 Å². The number of hydrogen-bond donors (Lipinski definition) is 0. The lowest BCUT2D eigenvalue weighted by atomic mass is 10.1. The number of fused-ring (bicyclic) bond motifs is 1. The first-order chi connectivity index (χ1) is 7.02. The fourth-order valence-electron chi connectivity index (χ4n) is 1.61. The molecular weight excluding hydrogens is 218 g/mol. The van der Waals surface area contributed by atoms with E-state index in [0.29, 0.717) is 10.4 Å². The zero-order chi connectivity index (χ0) is 11.2. The lowest BCUT2D eigenvalue weighted by molar-refractivity contribution is 0.102. The summed E-state index contributed by atoms with van der Waals surface area (Å²) in [7, 11) is 0. The number of rotatable bonds is 1. The van der Waals surface area contributed by atoms with Crippen molar-refractivity contribution in [2.24, 2.45) is 0 Å². The summed E-state index contributed by atoms with van der Waals surface area (Å²) >= 11 is 1.01. The van der Waals surface area contributed by atoms with Crippen LogP contribution in [0.25, 0.3) is 10.1 Å². The van der Waals surface area contributed by atoms with Gasteiger partial charge < -0.3 is 0 Å². The van der Waals surface area contributed by atoms with Crippen LogP contribution < -0.4 is 0 Å². The molecule has 2 aromatic rings. The Balaban J connectivity index is 2.93. The van der Waals surface area contributed by atoms with E-state index in [9.17, 15) is 13.6 Å². The van der Waals surface area contributed by atoms with Crippen LogP contribution in [0.3, 0.4) is 0 Å². The third-order valence-corrected chi connectivity index (χ3v) is 3.70. The summed E-state index contributed by atoms with van der Waals surface area (Å²) < 4.78 is 27.0. The number of halogens is 2. The average Bonchev–Trinajstić information content (AvgIpc) is 2.51. The van der Waals surface area contributed by atoms with Crippen LogP contribution in [-0.4, -0.2) is 5.78 Å². The molecule has 0 saturated carbocycles. The molecule has 1 nitrogen and oxygen atoms in total. The average molecular weight is 226 g/mol. The third kappa shape index (κ3) is 1.45. The van der Waals surface area contributed by atoms with E-state index in [2.05, 4.69) is 0 Å². The Labute approximate surface area is 89.3 Å². The van der Waals surface area contributed by atoms with Gasteiger partial charge in [0.05, 0.1) is 9.58 Å². The molecule has 0 atom stereocenters. The van der Waals surface area contributed by atoms with Crippen LogP contribution in [0.5, 0.6) is 0 Å². The zero-order valence-electron chi connectivity index (χ0n) is 8.23. The largest absolute Gasteiger partial charge is 0.294 e. The molecule has 1 aromatic carbocycles. The molecule has 2 rings (SSSR count). The Morgan fingerprint density at radius 2 is 1.87 bits per heavy atom. The van der Waals surface area contributed by atoms with Crippen LogP contribution in [0.4, 0.5) is 8.78 Å². The summed E-state index contributed by atoms with van der Waals surface area (Å²) in [6.07, 6.45) is 0. The van der Waals surface area contributed by atoms with E-state index < -0.39 is 11.6 Å². The van der Waals surface area contributed by atoms with Gasteiger partial charge in [0.2, 0.25) is 0 Å². The Bertz CT molecular complexity index is 557. The summed E-state index contributed by atoms with van der Waals surface area (Å²) in [5.41, 5.74) is 0.527. The molecule has 0 aliphatic heterocycles. The molecule has 15 heavy (non-hydrogen) atoms. The second-order valence-corrected chi connectivity index (χ2v) is 4.37. The number of Topliss-reactive ketones (excluding diaryl/α,β-unsaturated/α-hetero) is 1. The van der Waals surface area contributed by atoms with Gasteiger partial charge in [-0.05, 0) is 31.5 Å². The Kier molecular flexibility index (Phi) is 2.31. The maximum absolute atomic E-state index is 13.4. The minimum atomic E-state index is -0.480. The monoisotopic (exact) mass is 226 g/mol. The van der Waals surface area contributed by atoms with Crippen molar-refractivity contribution < 1.29 is 13.6 Å². The van der Waals surface area contributed by atoms with E-state index in [0.717, 1.165) is 23.5 Å². The first kappa shape index (κ1) is 10.2. The molecule has 0 spiro atoms. The quantitative estimate of drug-likeness (QED) is 0.678. The fourth-order valence-corrected chi connectivity index (χ4v) is 2.73. The Morgan fingerprint density at radius 3 is 2.40 bits per heavy atom. The third-order valence-electron chi connectivity index (χ3n) is 2.30. The number of hydrogen-bond acceptors (Lipinski definition) is 2. The highest BCUT2D eigenvalue weighted by molar-refractivity contribution is 7.21. The molecule has 0 aliphatic rings. The van der Waals surface area contributed by atoms with E-state index in [1.807, 2.05) is 0 Å². The van der Waals surface area contributed by atoms with Crippen molar-refractivity contribution in [2.75, 3.05) is 0 Å². The molecule has 0 saturated heterocycles. The smallest absolute Gasteiger partial charge is 0.170 e. The summed E-state index contributed by atoms with van der Waals surface area (Å²) in [4.78, 5) is 11.6. The second-order valence-electron chi connectivity index (χ2n) is 3.35. The van der Waals surface area contributed by atoms with Gasteiger partial charge in [-0.2, -0.15) is 0 Å². The van der Waals surface area contributed by atoms with Crippen LogP contribution in [-0.2, 0) is 0 Å². The van der Waals surface area contributed by atoms with Crippen LogP contribution in [0.2, 0.25) is 0 Å². The van der Waals surface area contributed by atoms with Gasteiger partial charge in [0, 0.05) is 5.39 Å². The molecule has 0 aliphatic carbocycles. The van der Waals surface area contributed by atoms with Crippen LogP contribution >= 0.6 is 11.3 Å². The molecule has 0 bridgehead atoms. The van der Waals surface area contributed by atoms with Crippen molar-refractivity contribution in [1.29, 1.82) is 0 Å². The van der Waals surface area contributed by atoms with Crippen molar-refractivity contribution in [1.82, 2.24) is 0 Å². The molecule has 0 unspecified atom stereocenters. The number of ketones is 1. The molecule has 0 radical (unpaired) electrons. The molecule has 4 heteroatoms. The predicted molar refractivity (Wildman–Crippen MR) is 56.5 cm³/mol. The lowest BCUT2D eigenvalue weighted by Crippen LogP contribution is -1.89. The number of aryl methyl sites for hydroxylation is 1. The van der Waals surface area contributed by atoms with Gasteiger partial charge in [0.15, 0.2) is 5.78 Å². The first-order valence-corrected chi connectivity index (χ1v) is 5.22. The number of carbonyl (C=O) groups excluding carboxylic acids is 1. The maximum atomic E-state index is 13.4. The van der Waals surface area contributed by atoms with Crippen LogP contribution in [0, 0.1) is 18.6 Å². The van der Waals surface area contributed by atoms with E-state index >= 15 is 0 Å². The van der Waals surface area contributed by atoms with E-state index in [-0.39, 0.29) is 15.9 Å². The number of thiophene rings is 1. The lowest BCUT2D eigenvalue weighted by Gasteiger charge is -1.95. The summed E-state index contributed by atoms with van der Waals surface area (Å²) in [6.45, 7) is 3.03. The van der Waals surface area contributed by atoms with Crippen molar-refractivity contribution in [2.45, 2.75) is 13.8 Å². The highest BCUT2D eigenvalue weighted by Gasteiger charge is 2.17. The normalized spacial score (nSPS) is 10.9. The highest BCUT2D eigenvalue weighted by atomic mass is 32.1. The molecule has 1 heterocycles. The number of benzene rings is 1. The van der Waals surface area contributed by atoms with Gasteiger partial charge in [-0.1, -0.05) is 0 Å². The van der Waals surface area contributed by atoms with Crippen LogP contribution in [0.1, 0.15) is 22.2 Å². The standard InChI is InChI=1S/C11H8F2OS/c1-5-9-7(12)3-4-8(13)11(9)15-10(5)6(2)14/h3-4H,1-2H3. The van der Waals surface area contributed by atoms with Crippen molar-refractivity contribution in [3.05, 3.63) is 34.2 Å². The van der Waals surface area contributed by atoms with E-state index in [1.165, 1.54) is 6.92 Å².